The minimum absolute atomic E-state index is 0.0947. The maximum absolute atomic E-state index is 10.2. The van der Waals surface area contributed by atoms with Crippen LogP contribution in [0.2, 0.25) is 0 Å². The van der Waals surface area contributed by atoms with Gasteiger partial charge < -0.3 is 5.73 Å². The number of rotatable bonds is 4. The Morgan fingerprint density at radius 1 is 1.67 bits per heavy atom. The topological polar surface area (TPSA) is 90.7 Å². The van der Waals surface area contributed by atoms with Crippen molar-refractivity contribution in [1.82, 2.24) is 5.48 Å². The quantitative estimate of drug-likeness (QED) is 0.373. The van der Waals surface area contributed by atoms with Crippen LogP contribution in [0.3, 0.4) is 0 Å². The molecule has 7 heteroatoms. The van der Waals surface area contributed by atoms with Crippen molar-refractivity contribution in [2.75, 3.05) is 13.8 Å². The van der Waals surface area contributed by atoms with Crippen LogP contribution in [-0.2, 0) is 18.9 Å². The van der Waals surface area contributed by atoms with Crippen LogP contribution in [0.4, 0.5) is 0 Å². The van der Waals surface area contributed by atoms with Gasteiger partial charge in [-0.1, -0.05) is 0 Å². The van der Waals surface area contributed by atoms with Gasteiger partial charge in [-0.3, -0.25) is 4.18 Å². The van der Waals surface area contributed by atoms with Crippen LogP contribution in [0.15, 0.2) is 0 Å². The number of nitrogens with two attached hydrogens (primary N) is 1. The van der Waals surface area contributed by atoms with E-state index in [2.05, 4.69) is 8.47 Å². The first-order valence-corrected chi connectivity index (χ1v) is 3.37. The Balaban J connectivity index is 3.61. The lowest BCUT2D eigenvalue weighted by atomic mass is 11.3. The smallest absolute Gasteiger partial charge is 0.317 e. The predicted molar refractivity (Wildman–Crippen MR) is 29.2 cm³/mol. The Hall–Kier alpha value is -0.210. The van der Waals surface area contributed by atoms with E-state index in [1.807, 2.05) is 5.48 Å². The van der Waals surface area contributed by atoms with E-state index in [9.17, 15) is 8.42 Å². The Morgan fingerprint density at radius 2 is 2.22 bits per heavy atom. The lowest BCUT2D eigenvalue weighted by Gasteiger charge is -1.99. The average Bonchev–Trinajstić information content (AvgIpc) is 1.84. The van der Waals surface area contributed by atoms with Gasteiger partial charge in [0.1, 0.15) is 0 Å². The van der Waals surface area contributed by atoms with Crippen molar-refractivity contribution in [2.24, 2.45) is 5.73 Å². The van der Waals surface area contributed by atoms with Crippen LogP contribution in [-0.4, -0.2) is 22.2 Å². The summed E-state index contributed by atoms with van der Waals surface area (Å²) in [7, 11) is -2.89. The van der Waals surface area contributed by atoms with Crippen molar-refractivity contribution >= 4 is 10.4 Å². The van der Waals surface area contributed by atoms with Crippen molar-refractivity contribution in [1.29, 1.82) is 0 Å². The molecule has 9 heavy (non-hydrogen) atoms. The van der Waals surface area contributed by atoms with Crippen LogP contribution >= 0.6 is 0 Å². The Bertz CT molecular complexity index is 152. The third-order valence-corrected chi connectivity index (χ3v) is 1.18. The molecule has 0 saturated heterocycles. The van der Waals surface area contributed by atoms with Crippen molar-refractivity contribution in [2.45, 2.75) is 0 Å². The van der Waals surface area contributed by atoms with E-state index < -0.39 is 10.4 Å². The van der Waals surface area contributed by atoms with Crippen LogP contribution in [0.1, 0.15) is 0 Å². The standard InChI is InChI=1S/C2H8N2O4S/c1-7-9(5,6)8-4-2-3/h4H,2-3H2,1H3. The van der Waals surface area contributed by atoms with Crippen molar-refractivity contribution in [3.05, 3.63) is 0 Å². The van der Waals surface area contributed by atoms with Crippen LogP contribution in [0.25, 0.3) is 0 Å². The highest BCUT2D eigenvalue weighted by Gasteiger charge is 2.06. The lowest BCUT2D eigenvalue weighted by Crippen LogP contribution is -2.26. The molecule has 3 N–H and O–H groups in total. The number of hydrogen-bond acceptors (Lipinski definition) is 6. The largest absolute Gasteiger partial charge is 0.415 e. The molecule has 0 aromatic heterocycles. The zero-order chi connectivity index (χ0) is 7.33. The first kappa shape index (κ1) is 8.79. The van der Waals surface area contributed by atoms with Crippen LogP contribution in [0.5, 0.6) is 0 Å². The van der Waals surface area contributed by atoms with Crippen molar-refractivity contribution in [3.63, 3.8) is 0 Å². The lowest BCUT2D eigenvalue weighted by molar-refractivity contribution is 0.165. The molecule has 6 nitrogen and oxygen atoms in total. The van der Waals surface area contributed by atoms with Crippen molar-refractivity contribution in [3.8, 4) is 0 Å². The molecule has 0 aromatic carbocycles. The fraction of sp³-hybridized carbons (Fsp3) is 1.00. The molecule has 0 spiro atoms. The van der Waals surface area contributed by atoms with Gasteiger partial charge in [-0.25, -0.2) is 0 Å². The second-order valence-electron chi connectivity index (χ2n) is 1.01. The Labute approximate surface area is 53.2 Å². The van der Waals surface area contributed by atoms with E-state index in [1.54, 1.807) is 0 Å². The highest BCUT2D eigenvalue weighted by atomic mass is 32.3. The Kier molecular flexibility index (Phi) is 3.66. The van der Waals surface area contributed by atoms with Gasteiger partial charge in [0.2, 0.25) is 0 Å². The third kappa shape index (κ3) is 4.30. The Morgan fingerprint density at radius 3 is 2.56 bits per heavy atom. The molecule has 0 aliphatic heterocycles. The first-order valence-electron chi connectivity index (χ1n) is 2.04. The molecule has 0 atom stereocenters. The van der Waals surface area contributed by atoms with E-state index >= 15 is 0 Å². The summed E-state index contributed by atoms with van der Waals surface area (Å²) >= 11 is 0. The summed E-state index contributed by atoms with van der Waals surface area (Å²) in [6, 6.07) is 0. The molecule has 0 unspecified atom stereocenters. The fourth-order valence-electron chi connectivity index (χ4n) is 0.140. The van der Waals surface area contributed by atoms with E-state index in [0.29, 0.717) is 0 Å². The number of hydroxylamine groups is 1. The molecule has 0 heterocycles. The number of nitrogens with one attached hydrogen (secondary N) is 1. The summed E-state index contributed by atoms with van der Waals surface area (Å²) in [6.07, 6.45) is 0. The zero-order valence-electron chi connectivity index (χ0n) is 4.83. The van der Waals surface area contributed by atoms with Crippen molar-refractivity contribution < 1.29 is 16.9 Å². The van der Waals surface area contributed by atoms with Gasteiger partial charge >= 0.3 is 10.4 Å². The molecule has 0 fully saturated rings. The van der Waals surface area contributed by atoms with Crippen LogP contribution in [0, 0.1) is 0 Å². The monoisotopic (exact) mass is 156 g/mol. The zero-order valence-corrected chi connectivity index (χ0v) is 5.64. The molecule has 0 rings (SSSR count). The molecule has 0 radical (unpaired) electrons. The van der Waals surface area contributed by atoms with Gasteiger partial charge in [-0.05, 0) is 0 Å². The fourth-order valence-corrected chi connectivity index (χ4v) is 0.421. The summed E-state index contributed by atoms with van der Waals surface area (Å²) in [4.78, 5) is 0. The molecular weight excluding hydrogens is 148 g/mol. The summed E-state index contributed by atoms with van der Waals surface area (Å²) < 4.78 is 28.2. The molecule has 0 aliphatic carbocycles. The van der Waals surface area contributed by atoms with Gasteiger partial charge in [-0.15, -0.1) is 0 Å². The summed E-state index contributed by atoms with van der Waals surface area (Å²) in [5.74, 6) is 0. The summed E-state index contributed by atoms with van der Waals surface area (Å²) in [6.45, 7) is -0.0947. The predicted octanol–water partition coefficient (Wildman–Crippen LogP) is -1.68. The van der Waals surface area contributed by atoms with Gasteiger partial charge in [0.15, 0.2) is 0 Å². The molecule has 56 valence electrons. The van der Waals surface area contributed by atoms with Gasteiger partial charge in [-0.2, -0.15) is 18.2 Å². The average molecular weight is 156 g/mol. The van der Waals surface area contributed by atoms with E-state index in [0.717, 1.165) is 7.11 Å². The molecular formula is C2H8N2O4S. The highest BCUT2D eigenvalue weighted by Crippen LogP contribution is 1.86. The first-order chi connectivity index (χ1) is 4.12. The third-order valence-electron chi connectivity index (χ3n) is 0.448. The second-order valence-corrected chi connectivity index (χ2v) is 2.32. The van der Waals surface area contributed by atoms with E-state index in [-0.39, 0.29) is 6.67 Å². The summed E-state index contributed by atoms with van der Waals surface area (Å²) in [5.41, 5.74) is 6.74. The highest BCUT2D eigenvalue weighted by molar-refractivity contribution is 7.81. The van der Waals surface area contributed by atoms with Crippen LogP contribution < -0.4 is 11.2 Å². The molecule has 0 saturated carbocycles. The maximum atomic E-state index is 10.2. The molecule has 0 bridgehead atoms. The molecule has 0 aromatic rings. The molecule has 0 amide bonds. The van der Waals surface area contributed by atoms with E-state index in [1.165, 1.54) is 0 Å². The van der Waals surface area contributed by atoms with Gasteiger partial charge in [0.25, 0.3) is 0 Å². The second kappa shape index (κ2) is 3.75. The maximum Gasteiger partial charge on any atom is 0.415 e. The SMILES string of the molecule is COS(=O)(=O)ONCN. The summed E-state index contributed by atoms with van der Waals surface area (Å²) in [5, 5.41) is 0. The number of hydrogen-bond donors (Lipinski definition) is 2. The normalized spacial score (nSPS) is 11.8. The minimum atomic E-state index is -3.87. The van der Waals surface area contributed by atoms with Gasteiger partial charge in [0.05, 0.1) is 13.8 Å². The van der Waals surface area contributed by atoms with Gasteiger partial charge in [0, 0.05) is 0 Å². The molecule has 0 aliphatic rings. The minimum Gasteiger partial charge on any atom is -0.317 e. The van der Waals surface area contributed by atoms with E-state index in [4.69, 9.17) is 5.73 Å².